The fraction of sp³-hybridized carbons (Fsp3) is 0.214. The van der Waals surface area contributed by atoms with E-state index in [4.69, 9.17) is 0 Å². The van der Waals surface area contributed by atoms with Gasteiger partial charge < -0.3 is 5.32 Å². The standard InChI is InChI=1S/C14H14BrFN2S/c1-9(17-2)10-5-3-7-12(16)13(10)19-14-11(15)6-4-8-18-14/h3-9,17H,1-2H3. The molecule has 1 aromatic heterocycles. The Labute approximate surface area is 125 Å². The molecule has 0 saturated carbocycles. The maximum atomic E-state index is 14.1. The largest absolute Gasteiger partial charge is 0.313 e. The highest BCUT2D eigenvalue weighted by Crippen LogP contribution is 2.37. The Morgan fingerprint density at radius 3 is 2.79 bits per heavy atom. The van der Waals surface area contributed by atoms with Crippen LogP contribution in [0.1, 0.15) is 18.5 Å². The Kier molecular flexibility index (Phi) is 4.96. The molecule has 0 aliphatic carbocycles. The molecule has 0 bridgehead atoms. The number of nitrogens with one attached hydrogen (secondary N) is 1. The first kappa shape index (κ1) is 14.5. The summed E-state index contributed by atoms with van der Waals surface area (Å²) in [5, 5.41) is 3.90. The minimum absolute atomic E-state index is 0.0840. The Morgan fingerprint density at radius 1 is 1.32 bits per heavy atom. The minimum atomic E-state index is -0.220. The van der Waals surface area contributed by atoms with Crippen LogP contribution >= 0.6 is 27.7 Å². The van der Waals surface area contributed by atoms with E-state index in [1.807, 2.05) is 32.2 Å². The van der Waals surface area contributed by atoms with Crippen LogP contribution in [-0.4, -0.2) is 12.0 Å². The van der Waals surface area contributed by atoms with Gasteiger partial charge in [-0.05, 0) is 53.7 Å². The first-order chi connectivity index (χ1) is 9.13. The third-order valence-corrected chi connectivity index (χ3v) is 4.88. The van der Waals surface area contributed by atoms with Crippen LogP contribution in [-0.2, 0) is 0 Å². The first-order valence-electron chi connectivity index (χ1n) is 5.87. The van der Waals surface area contributed by atoms with Gasteiger partial charge in [-0.15, -0.1) is 0 Å². The van der Waals surface area contributed by atoms with E-state index in [1.165, 1.54) is 17.8 Å². The second kappa shape index (κ2) is 6.50. The second-order valence-corrected chi connectivity index (χ2v) is 5.91. The molecule has 0 saturated heterocycles. The molecule has 2 aromatic rings. The van der Waals surface area contributed by atoms with E-state index in [2.05, 4.69) is 26.2 Å². The molecule has 1 aromatic carbocycles. The van der Waals surface area contributed by atoms with Crippen molar-refractivity contribution in [2.75, 3.05) is 7.05 Å². The summed E-state index contributed by atoms with van der Waals surface area (Å²) in [6, 6.07) is 8.97. The summed E-state index contributed by atoms with van der Waals surface area (Å²) in [5.41, 5.74) is 0.935. The molecule has 100 valence electrons. The van der Waals surface area contributed by atoms with Crippen LogP contribution in [0, 0.1) is 5.82 Å². The summed E-state index contributed by atoms with van der Waals surface area (Å²) >= 11 is 4.77. The van der Waals surface area contributed by atoms with E-state index in [0.717, 1.165) is 15.1 Å². The topological polar surface area (TPSA) is 24.9 Å². The average molecular weight is 341 g/mol. The first-order valence-corrected chi connectivity index (χ1v) is 7.48. The van der Waals surface area contributed by atoms with Crippen molar-refractivity contribution in [3.05, 3.63) is 52.4 Å². The van der Waals surface area contributed by atoms with Gasteiger partial charge in [0.05, 0.1) is 9.37 Å². The predicted molar refractivity (Wildman–Crippen MR) is 79.9 cm³/mol. The van der Waals surface area contributed by atoms with Crippen LogP contribution in [0.25, 0.3) is 0 Å². The maximum absolute atomic E-state index is 14.1. The lowest BCUT2D eigenvalue weighted by molar-refractivity contribution is 0.575. The molecule has 19 heavy (non-hydrogen) atoms. The van der Waals surface area contributed by atoms with E-state index >= 15 is 0 Å². The molecular formula is C14H14BrFN2S. The van der Waals surface area contributed by atoms with Crippen molar-refractivity contribution in [3.8, 4) is 0 Å². The Hall–Kier alpha value is -0.910. The van der Waals surface area contributed by atoms with Crippen molar-refractivity contribution in [1.82, 2.24) is 10.3 Å². The zero-order chi connectivity index (χ0) is 13.8. The highest BCUT2D eigenvalue weighted by molar-refractivity contribution is 9.10. The molecule has 1 unspecified atom stereocenters. The van der Waals surface area contributed by atoms with Gasteiger partial charge >= 0.3 is 0 Å². The van der Waals surface area contributed by atoms with Crippen LogP contribution < -0.4 is 5.32 Å². The number of rotatable bonds is 4. The summed E-state index contributed by atoms with van der Waals surface area (Å²) in [4.78, 5) is 4.88. The number of hydrogen-bond donors (Lipinski definition) is 1. The van der Waals surface area contributed by atoms with Crippen molar-refractivity contribution in [3.63, 3.8) is 0 Å². The van der Waals surface area contributed by atoms with E-state index in [0.29, 0.717) is 4.90 Å². The molecule has 0 aliphatic heterocycles. The molecule has 1 N–H and O–H groups in total. The van der Waals surface area contributed by atoms with Crippen LogP contribution in [0.4, 0.5) is 4.39 Å². The van der Waals surface area contributed by atoms with Gasteiger partial charge in [-0.3, -0.25) is 0 Å². The second-order valence-electron chi connectivity index (χ2n) is 4.06. The lowest BCUT2D eigenvalue weighted by Gasteiger charge is -2.16. The molecule has 0 amide bonds. The van der Waals surface area contributed by atoms with E-state index in [9.17, 15) is 4.39 Å². The van der Waals surface area contributed by atoms with Crippen molar-refractivity contribution >= 4 is 27.7 Å². The summed E-state index contributed by atoms with van der Waals surface area (Å²) in [7, 11) is 1.86. The van der Waals surface area contributed by atoms with Crippen LogP contribution in [0.15, 0.2) is 50.9 Å². The van der Waals surface area contributed by atoms with Gasteiger partial charge in [-0.25, -0.2) is 9.37 Å². The van der Waals surface area contributed by atoms with Gasteiger partial charge in [0.25, 0.3) is 0 Å². The zero-order valence-corrected chi connectivity index (χ0v) is 13.1. The molecule has 0 spiro atoms. The smallest absolute Gasteiger partial charge is 0.137 e. The molecule has 1 heterocycles. The van der Waals surface area contributed by atoms with Gasteiger partial charge in [-0.1, -0.05) is 23.9 Å². The van der Waals surface area contributed by atoms with E-state index < -0.39 is 0 Å². The van der Waals surface area contributed by atoms with Gasteiger partial charge in [0, 0.05) is 12.2 Å². The van der Waals surface area contributed by atoms with Gasteiger partial charge in [0.1, 0.15) is 10.8 Å². The minimum Gasteiger partial charge on any atom is -0.313 e. The summed E-state index contributed by atoms with van der Waals surface area (Å²) in [5.74, 6) is -0.220. The van der Waals surface area contributed by atoms with E-state index in [-0.39, 0.29) is 11.9 Å². The number of halogens is 2. The van der Waals surface area contributed by atoms with Crippen molar-refractivity contribution in [2.45, 2.75) is 22.9 Å². The molecule has 2 nitrogen and oxygen atoms in total. The highest BCUT2D eigenvalue weighted by atomic mass is 79.9. The maximum Gasteiger partial charge on any atom is 0.137 e. The zero-order valence-electron chi connectivity index (χ0n) is 10.7. The number of nitrogens with zero attached hydrogens (tertiary/aromatic N) is 1. The average Bonchev–Trinajstić information content (AvgIpc) is 2.42. The quantitative estimate of drug-likeness (QED) is 0.891. The Morgan fingerprint density at radius 2 is 2.11 bits per heavy atom. The van der Waals surface area contributed by atoms with Crippen molar-refractivity contribution < 1.29 is 4.39 Å². The fourth-order valence-corrected chi connectivity index (χ4v) is 3.17. The predicted octanol–water partition coefficient (Wildman–Crippen LogP) is 4.41. The number of aromatic nitrogens is 1. The normalized spacial score (nSPS) is 12.4. The fourth-order valence-electron chi connectivity index (χ4n) is 1.67. The molecular weight excluding hydrogens is 327 g/mol. The number of pyridine rings is 1. The van der Waals surface area contributed by atoms with Gasteiger partial charge in [-0.2, -0.15) is 0 Å². The molecule has 0 radical (unpaired) electrons. The molecule has 0 aliphatic rings. The molecule has 2 rings (SSSR count). The van der Waals surface area contributed by atoms with E-state index in [1.54, 1.807) is 12.3 Å². The van der Waals surface area contributed by atoms with Crippen molar-refractivity contribution in [2.24, 2.45) is 0 Å². The molecule has 0 fully saturated rings. The summed E-state index contributed by atoms with van der Waals surface area (Å²) < 4.78 is 14.9. The van der Waals surface area contributed by atoms with Crippen molar-refractivity contribution in [1.29, 1.82) is 0 Å². The number of hydrogen-bond acceptors (Lipinski definition) is 3. The van der Waals surface area contributed by atoms with Crippen LogP contribution in [0.5, 0.6) is 0 Å². The monoisotopic (exact) mass is 340 g/mol. The van der Waals surface area contributed by atoms with Crippen LogP contribution in [0.3, 0.4) is 0 Å². The van der Waals surface area contributed by atoms with Crippen LogP contribution in [0.2, 0.25) is 0 Å². The SMILES string of the molecule is CNC(C)c1cccc(F)c1Sc1ncccc1Br. The number of benzene rings is 1. The lowest BCUT2D eigenvalue weighted by Crippen LogP contribution is -2.13. The third kappa shape index (κ3) is 3.35. The lowest BCUT2D eigenvalue weighted by atomic mass is 10.1. The summed E-state index contributed by atoms with van der Waals surface area (Å²) in [6.45, 7) is 2.01. The molecule has 5 heteroatoms. The molecule has 1 atom stereocenters. The van der Waals surface area contributed by atoms with Gasteiger partial charge in [0.2, 0.25) is 0 Å². The Bertz CT molecular complexity index is 577. The van der Waals surface area contributed by atoms with Gasteiger partial charge in [0.15, 0.2) is 0 Å². The summed E-state index contributed by atoms with van der Waals surface area (Å²) in [6.07, 6.45) is 1.70. The Balaban J connectivity index is 2.42. The highest BCUT2D eigenvalue weighted by Gasteiger charge is 2.15. The third-order valence-electron chi connectivity index (χ3n) is 2.82.